The minimum Gasteiger partial charge on any atom is -0.481 e. The highest BCUT2D eigenvalue weighted by atomic mass is 35.5. The number of sulfone groups is 1. The van der Waals surface area contributed by atoms with E-state index >= 15 is 0 Å². The SMILES string of the molecule is O=C(O)C[C@]1(c2ccc(Oc3ccc(Cl)cc3)cc2)CCN(C(=O)OCC2c3ccccc3-c3ccccc32)CCS1(=O)=O. The van der Waals surface area contributed by atoms with Crippen molar-refractivity contribution in [3.63, 3.8) is 0 Å². The van der Waals surface area contributed by atoms with E-state index in [0.29, 0.717) is 22.1 Å². The third-order valence-corrected chi connectivity index (χ3v) is 11.2. The topological polar surface area (TPSA) is 110 Å². The number of hydrogen-bond acceptors (Lipinski definition) is 6. The molecule has 1 saturated heterocycles. The highest BCUT2D eigenvalue weighted by molar-refractivity contribution is 7.92. The summed E-state index contributed by atoms with van der Waals surface area (Å²) in [6.45, 7) is 0.0236. The van der Waals surface area contributed by atoms with Crippen LogP contribution in [0.2, 0.25) is 5.02 Å². The molecule has 10 heteroatoms. The van der Waals surface area contributed by atoms with E-state index in [1.54, 1.807) is 48.5 Å². The van der Waals surface area contributed by atoms with Crippen LogP contribution < -0.4 is 4.74 Å². The maximum atomic E-state index is 13.8. The van der Waals surface area contributed by atoms with Gasteiger partial charge in [-0.25, -0.2) is 13.2 Å². The number of halogens is 1. The molecule has 0 saturated carbocycles. The van der Waals surface area contributed by atoms with Gasteiger partial charge in [0.05, 0.1) is 12.2 Å². The van der Waals surface area contributed by atoms with E-state index in [0.717, 1.165) is 22.3 Å². The van der Waals surface area contributed by atoms with Gasteiger partial charge in [-0.15, -0.1) is 0 Å². The van der Waals surface area contributed by atoms with E-state index in [2.05, 4.69) is 0 Å². The number of aliphatic carboxylic acids is 1. The molecule has 1 fully saturated rings. The number of carbonyl (C=O) groups is 2. The summed E-state index contributed by atoms with van der Waals surface area (Å²) >= 11 is 5.94. The lowest BCUT2D eigenvalue weighted by molar-refractivity contribution is -0.137. The van der Waals surface area contributed by atoms with E-state index in [4.69, 9.17) is 21.1 Å². The minimum atomic E-state index is -4.01. The molecule has 1 heterocycles. The van der Waals surface area contributed by atoms with Gasteiger partial charge in [-0.3, -0.25) is 4.79 Å². The van der Waals surface area contributed by atoms with Crippen LogP contribution in [0.4, 0.5) is 4.79 Å². The van der Waals surface area contributed by atoms with E-state index in [9.17, 15) is 23.1 Å². The molecule has 0 radical (unpaired) electrons. The molecule has 1 N–H and O–H groups in total. The third kappa shape index (κ3) is 5.65. The number of carbonyl (C=O) groups excluding carboxylic acids is 1. The maximum absolute atomic E-state index is 13.8. The molecule has 44 heavy (non-hydrogen) atoms. The summed E-state index contributed by atoms with van der Waals surface area (Å²) in [5.74, 6) is -0.782. The average Bonchev–Trinajstić information content (AvgIpc) is 3.26. The van der Waals surface area contributed by atoms with Crippen LogP contribution in [-0.2, 0) is 24.1 Å². The van der Waals surface area contributed by atoms with Crippen molar-refractivity contribution in [2.75, 3.05) is 25.4 Å². The molecular formula is C34H30ClNO7S. The Morgan fingerprint density at radius 3 is 2.00 bits per heavy atom. The van der Waals surface area contributed by atoms with Crippen LogP contribution in [0.5, 0.6) is 11.5 Å². The Bertz CT molecular complexity index is 1760. The first-order chi connectivity index (χ1) is 21.2. The zero-order chi connectivity index (χ0) is 30.9. The summed E-state index contributed by atoms with van der Waals surface area (Å²) in [5, 5.41) is 10.4. The minimum absolute atomic E-state index is 0.0200. The monoisotopic (exact) mass is 631 g/mol. The molecule has 0 spiro atoms. The van der Waals surface area contributed by atoms with Gasteiger partial charge in [0.1, 0.15) is 22.9 Å². The molecule has 0 bridgehead atoms. The number of carboxylic acid groups (broad SMARTS) is 1. The molecule has 4 aromatic carbocycles. The Morgan fingerprint density at radius 2 is 1.41 bits per heavy atom. The molecule has 0 aromatic heterocycles. The molecular weight excluding hydrogens is 602 g/mol. The van der Waals surface area contributed by atoms with Crippen LogP contribution >= 0.6 is 11.6 Å². The highest BCUT2D eigenvalue weighted by Crippen LogP contribution is 2.45. The molecule has 6 rings (SSSR count). The number of rotatable bonds is 7. The number of carboxylic acids is 1. The normalized spacial score (nSPS) is 19.0. The predicted octanol–water partition coefficient (Wildman–Crippen LogP) is 6.87. The summed E-state index contributed by atoms with van der Waals surface area (Å²) in [6, 6.07) is 29.2. The summed E-state index contributed by atoms with van der Waals surface area (Å²) < 4.78 is 37.5. The quantitative estimate of drug-likeness (QED) is 0.237. The molecule has 0 unspecified atom stereocenters. The number of hydrogen-bond donors (Lipinski definition) is 1. The average molecular weight is 632 g/mol. The third-order valence-electron chi connectivity index (χ3n) is 8.47. The van der Waals surface area contributed by atoms with Crippen molar-refractivity contribution in [1.82, 2.24) is 4.90 Å². The lowest BCUT2D eigenvalue weighted by Crippen LogP contribution is -2.39. The van der Waals surface area contributed by atoms with Crippen LogP contribution in [0.3, 0.4) is 0 Å². The summed E-state index contributed by atoms with van der Waals surface area (Å²) in [7, 11) is -4.01. The van der Waals surface area contributed by atoms with E-state index in [1.165, 1.54) is 4.90 Å². The molecule has 4 aromatic rings. The lowest BCUT2D eigenvalue weighted by Gasteiger charge is -2.31. The van der Waals surface area contributed by atoms with Gasteiger partial charge < -0.3 is 19.5 Å². The number of benzene rings is 4. The summed E-state index contributed by atoms with van der Waals surface area (Å²) in [6.07, 6.45) is -1.35. The number of amides is 1. The smallest absolute Gasteiger partial charge is 0.409 e. The van der Waals surface area contributed by atoms with Crippen LogP contribution in [0.15, 0.2) is 97.1 Å². The van der Waals surface area contributed by atoms with E-state index in [-0.39, 0.29) is 32.0 Å². The fraction of sp³-hybridized carbons (Fsp3) is 0.235. The van der Waals surface area contributed by atoms with Crippen molar-refractivity contribution in [3.8, 4) is 22.6 Å². The fourth-order valence-electron chi connectivity index (χ4n) is 6.21. The van der Waals surface area contributed by atoms with Crippen molar-refractivity contribution in [3.05, 3.63) is 119 Å². The van der Waals surface area contributed by atoms with Gasteiger partial charge in [0.2, 0.25) is 0 Å². The summed E-state index contributed by atoms with van der Waals surface area (Å²) in [5.41, 5.74) is 4.69. The zero-order valence-electron chi connectivity index (χ0n) is 23.7. The van der Waals surface area contributed by atoms with Crippen LogP contribution in [0.25, 0.3) is 11.1 Å². The molecule has 1 atom stereocenters. The van der Waals surface area contributed by atoms with E-state index in [1.807, 2.05) is 48.5 Å². The van der Waals surface area contributed by atoms with Crippen molar-refractivity contribution in [2.24, 2.45) is 0 Å². The van der Waals surface area contributed by atoms with Crippen LogP contribution in [-0.4, -0.2) is 55.9 Å². The standard InChI is InChI=1S/C34H30ClNO7S/c35-24-11-15-26(16-12-24)43-25-13-9-23(10-14-25)34(21-32(37)38)17-18-36(19-20-44(34,40)41)33(39)42-22-31-29-7-3-1-5-27(29)28-6-2-4-8-30(28)31/h1-16,31H,17-22H2,(H,37,38)/t34-/m0/s1. The first-order valence-electron chi connectivity index (χ1n) is 14.2. The molecule has 2 aliphatic rings. The maximum Gasteiger partial charge on any atom is 0.409 e. The second kappa shape index (κ2) is 12.0. The Balaban J connectivity index is 1.20. The summed E-state index contributed by atoms with van der Waals surface area (Å²) in [4.78, 5) is 26.7. The fourth-order valence-corrected chi connectivity index (χ4v) is 8.43. The highest BCUT2D eigenvalue weighted by Gasteiger charge is 2.49. The largest absolute Gasteiger partial charge is 0.481 e. The van der Waals surface area contributed by atoms with E-state index < -0.39 is 38.8 Å². The predicted molar refractivity (Wildman–Crippen MR) is 167 cm³/mol. The van der Waals surface area contributed by atoms with Crippen LogP contribution in [0, 0.1) is 0 Å². The van der Waals surface area contributed by atoms with Crippen molar-refractivity contribution in [1.29, 1.82) is 0 Å². The number of ether oxygens (including phenoxy) is 2. The first kappa shape index (κ1) is 29.7. The van der Waals surface area contributed by atoms with Gasteiger partial charge in [0, 0.05) is 24.0 Å². The van der Waals surface area contributed by atoms with Gasteiger partial charge in [-0.2, -0.15) is 0 Å². The Kier molecular flexibility index (Phi) is 8.09. The number of fused-ring (bicyclic) bond motifs is 3. The zero-order valence-corrected chi connectivity index (χ0v) is 25.3. The Labute approximate surface area is 260 Å². The Morgan fingerprint density at radius 1 is 0.841 bits per heavy atom. The number of nitrogens with zero attached hydrogens (tertiary/aromatic N) is 1. The van der Waals surface area contributed by atoms with Crippen molar-refractivity contribution in [2.45, 2.75) is 23.5 Å². The van der Waals surface area contributed by atoms with Crippen molar-refractivity contribution < 1.29 is 32.6 Å². The van der Waals surface area contributed by atoms with Crippen LogP contribution in [0.1, 0.15) is 35.4 Å². The molecule has 1 amide bonds. The van der Waals surface area contributed by atoms with Crippen molar-refractivity contribution >= 4 is 33.5 Å². The molecule has 1 aliphatic carbocycles. The second-order valence-corrected chi connectivity index (χ2v) is 13.9. The van der Waals surface area contributed by atoms with Gasteiger partial charge in [0.15, 0.2) is 9.84 Å². The van der Waals surface area contributed by atoms with Gasteiger partial charge in [-0.1, -0.05) is 72.3 Å². The van der Waals surface area contributed by atoms with Gasteiger partial charge in [-0.05, 0) is 70.6 Å². The molecule has 226 valence electrons. The Hall–Kier alpha value is -4.34. The second-order valence-electron chi connectivity index (χ2n) is 11.0. The first-order valence-corrected chi connectivity index (χ1v) is 16.3. The molecule has 8 nitrogen and oxygen atoms in total. The molecule has 1 aliphatic heterocycles. The van der Waals surface area contributed by atoms with Gasteiger partial charge >= 0.3 is 12.1 Å². The lowest BCUT2D eigenvalue weighted by atomic mass is 9.91. The van der Waals surface area contributed by atoms with Gasteiger partial charge in [0.25, 0.3) is 0 Å².